The van der Waals surface area contributed by atoms with Gasteiger partial charge in [-0.2, -0.15) is 0 Å². The zero-order chi connectivity index (χ0) is 22.5. The van der Waals surface area contributed by atoms with Crippen molar-refractivity contribution in [2.45, 2.75) is 25.7 Å². The van der Waals surface area contributed by atoms with Crippen LogP contribution in [0.1, 0.15) is 35.1 Å². The first-order valence-electron chi connectivity index (χ1n) is 11.0. The van der Waals surface area contributed by atoms with Crippen molar-refractivity contribution >= 4 is 12.1 Å². The molecular formula is C27H27NO4. The molecule has 1 amide bonds. The number of carbonyl (C=O) groups is 2. The second kappa shape index (κ2) is 9.69. The molecule has 5 heteroatoms. The van der Waals surface area contributed by atoms with E-state index in [9.17, 15) is 14.7 Å². The molecule has 5 nitrogen and oxygen atoms in total. The number of carboxylic acid groups (broad SMARTS) is 1. The van der Waals surface area contributed by atoms with Crippen molar-refractivity contribution < 1.29 is 19.4 Å². The maximum atomic E-state index is 12.4. The summed E-state index contributed by atoms with van der Waals surface area (Å²) < 4.78 is 5.51. The molecule has 0 aliphatic heterocycles. The van der Waals surface area contributed by atoms with Gasteiger partial charge in [-0.15, -0.1) is 0 Å². The van der Waals surface area contributed by atoms with E-state index in [1.807, 2.05) is 48.5 Å². The lowest BCUT2D eigenvalue weighted by molar-refractivity contribution is -0.141. The number of fused-ring (bicyclic) bond motifs is 3. The molecule has 0 bridgehead atoms. The van der Waals surface area contributed by atoms with Gasteiger partial charge in [-0.3, -0.25) is 4.79 Å². The lowest BCUT2D eigenvalue weighted by atomic mass is 9.98. The molecular weight excluding hydrogens is 402 g/mol. The SMILES string of the molecule is CCc1ccc(C[C@@H](CNC(=O)OCC2c3ccccc3-c3ccccc32)C(=O)O)cc1. The minimum absolute atomic E-state index is 0.0154. The second-order valence-electron chi connectivity index (χ2n) is 8.12. The first-order chi connectivity index (χ1) is 15.6. The largest absolute Gasteiger partial charge is 0.481 e. The fraction of sp³-hybridized carbons (Fsp3) is 0.259. The van der Waals surface area contributed by atoms with Gasteiger partial charge in [-0.1, -0.05) is 79.7 Å². The van der Waals surface area contributed by atoms with Gasteiger partial charge in [0.05, 0.1) is 5.92 Å². The number of ether oxygens (including phenoxy) is 1. The molecule has 1 aliphatic carbocycles. The Hall–Kier alpha value is -3.60. The van der Waals surface area contributed by atoms with Crippen LogP contribution in [-0.4, -0.2) is 30.3 Å². The molecule has 0 heterocycles. The topological polar surface area (TPSA) is 75.6 Å². The fourth-order valence-corrected chi connectivity index (χ4v) is 4.30. The molecule has 164 valence electrons. The predicted molar refractivity (Wildman–Crippen MR) is 124 cm³/mol. The van der Waals surface area contributed by atoms with E-state index in [-0.39, 0.29) is 19.1 Å². The van der Waals surface area contributed by atoms with Crippen molar-refractivity contribution in [1.29, 1.82) is 0 Å². The van der Waals surface area contributed by atoms with Gasteiger partial charge in [-0.25, -0.2) is 4.79 Å². The highest BCUT2D eigenvalue weighted by molar-refractivity contribution is 5.79. The molecule has 0 saturated carbocycles. The Bertz CT molecular complexity index is 1060. The van der Waals surface area contributed by atoms with Crippen LogP contribution in [0.3, 0.4) is 0 Å². The van der Waals surface area contributed by atoms with Gasteiger partial charge in [0.2, 0.25) is 0 Å². The third kappa shape index (κ3) is 4.67. The summed E-state index contributed by atoms with van der Waals surface area (Å²) in [6.07, 6.45) is 0.689. The molecule has 1 aliphatic rings. The summed E-state index contributed by atoms with van der Waals surface area (Å²) >= 11 is 0. The van der Waals surface area contributed by atoms with E-state index in [1.54, 1.807) is 0 Å². The van der Waals surface area contributed by atoms with Crippen LogP contribution in [0.2, 0.25) is 0 Å². The first-order valence-corrected chi connectivity index (χ1v) is 11.0. The van der Waals surface area contributed by atoms with Crippen LogP contribution in [0.15, 0.2) is 72.8 Å². The summed E-state index contributed by atoms with van der Waals surface area (Å²) in [4.78, 5) is 24.0. The van der Waals surface area contributed by atoms with E-state index in [0.717, 1.165) is 34.2 Å². The molecule has 2 N–H and O–H groups in total. The molecule has 0 unspecified atom stereocenters. The number of hydrogen-bond acceptors (Lipinski definition) is 3. The highest BCUT2D eigenvalue weighted by atomic mass is 16.5. The highest BCUT2D eigenvalue weighted by Crippen LogP contribution is 2.44. The number of aryl methyl sites for hydroxylation is 1. The third-order valence-corrected chi connectivity index (χ3v) is 6.10. The monoisotopic (exact) mass is 429 g/mol. The Labute approximate surface area is 188 Å². The number of alkyl carbamates (subject to hydrolysis) is 1. The Kier molecular flexibility index (Phi) is 6.55. The van der Waals surface area contributed by atoms with E-state index >= 15 is 0 Å². The number of carbonyl (C=O) groups excluding carboxylic acids is 1. The summed E-state index contributed by atoms with van der Waals surface area (Å²) in [5.74, 6) is -1.69. The van der Waals surface area contributed by atoms with Gasteiger partial charge in [0, 0.05) is 12.5 Å². The van der Waals surface area contributed by atoms with Gasteiger partial charge in [0.25, 0.3) is 0 Å². The number of aliphatic carboxylic acids is 1. The molecule has 3 aromatic carbocycles. The van der Waals surface area contributed by atoms with Crippen molar-refractivity contribution in [2.75, 3.05) is 13.2 Å². The summed E-state index contributed by atoms with van der Waals surface area (Å²) in [5.41, 5.74) is 6.75. The molecule has 0 saturated heterocycles. The average Bonchev–Trinajstić information content (AvgIpc) is 3.14. The molecule has 3 aromatic rings. The summed E-state index contributed by atoms with van der Waals surface area (Å²) in [7, 11) is 0. The molecule has 0 aromatic heterocycles. The molecule has 1 atom stereocenters. The molecule has 4 rings (SSSR count). The summed E-state index contributed by atoms with van der Waals surface area (Å²) in [6, 6.07) is 24.2. The van der Waals surface area contributed by atoms with Gasteiger partial charge in [0.15, 0.2) is 0 Å². The predicted octanol–water partition coefficient (Wildman–Crippen LogP) is 5.03. The van der Waals surface area contributed by atoms with Gasteiger partial charge >= 0.3 is 12.1 Å². The average molecular weight is 430 g/mol. The van der Waals surface area contributed by atoms with Crippen LogP contribution < -0.4 is 5.32 Å². The van der Waals surface area contributed by atoms with Crippen molar-refractivity contribution in [3.05, 3.63) is 95.1 Å². The number of hydrogen-bond donors (Lipinski definition) is 2. The van der Waals surface area contributed by atoms with E-state index in [4.69, 9.17) is 4.74 Å². The van der Waals surface area contributed by atoms with Crippen molar-refractivity contribution in [2.24, 2.45) is 5.92 Å². The number of nitrogens with one attached hydrogen (secondary N) is 1. The van der Waals surface area contributed by atoms with Crippen molar-refractivity contribution in [3.63, 3.8) is 0 Å². The van der Waals surface area contributed by atoms with E-state index in [2.05, 4.69) is 36.5 Å². The lowest BCUT2D eigenvalue weighted by Gasteiger charge is -2.16. The van der Waals surface area contributed by atoms with Crippen LogP contribution in [0.25, 0.3) is 11.1 Å². The molecule has 0 radical (unpaired) electrons. The van der Waals surface area contributed by atoms with Crippen LogP contribution >= 0.6 is 0 Å². The van der Waals surface area contributed by atoms with Crippen LogP contribution in [-0.2, 0) is 22.4 Å². The molecule has 0 spiro atoms. The highest BCUT2D eigenvalue weighted by Gasteiger charge is 2.29. The van der Waals surface area contributed by atoms with E-state index < -0.39 is 18.0 Å². The summed E-state index contributed by atoms with van der Waals surface area (Å²) in [5, 5.41) is 12.2. The zero-order valence-electron chi connectivity index (χ0n) is 18.1. The maximum Gasteiger partial charge on any atom is 0.407 e. The zero-order valence-corrected chi connectivity index (χ0v) is 18.1. The third-order valence-electron chi connectivity index (χ3n) is 6.10. The minimum atomic E-state index is -0.941. The van der Waals surface area contributed by atoms with E-state index in [1.165, 1.54) is 5.56 Å². The normalized spacial score (nSPS) is 13.2. The molecule has 32 heavy (non-hydrogen) atoms. The minimum Gasteiger partial charge on any atom is -0.481 e. The van der Waals surface area contributed by atoms with E-state index in [0.29, 0.717) is 6.42 Å². The Balaban J connectivity index is 1.35. The Morgan fingerprint density at radius 2 is 1.47 bits per heavy atom. The standard InChI is InChI=1S/C27H27NO4/c1-2-18-11-13-19(14-12-18)15-20(26(29)30)16-28-27(31)32-17-25-23-9-5-3-7-21(23)22-8-4-6-10-24(22)25/h3-14,20,25H,2,15-17H2,1H3,(H,28,31)(H,29,30)/t20-/m0/s1. The van der Waals surface area contributed by atoms with Crippen LogP contribution in [0, 0.1) is 5.92 Å². The molecule has 0 fully saturated rings. The van der Waals surface area contributed by atoms with Crippen LogP contribution in [0.4, 0.5) is 4.79 Å². The quantitative estimate of drug-likeness (QED) is 0.527. The lowest BCUT2D eigenvalue weighted by Crippen LogP contribution is -2.35. The number of rotatable bonds is 8. The van der Waals surface area contributed by atoms with Crippen LogP contribution in [0.5, 0.6) is 0 Å². The summed E-state index contributed by atoms with van der Waals surface area (Å²) in [6.45, 7) is 2.30. The maximum absolute atomic E-state index is 12.4. The number of carboxylic acids is 1. The van der Waals surface area contributed by atoms with Crippen molar-refractivity contribution in [3.8, 4) is 11.1 Å². The fourth-order valence-electron chi connectivity index (χ4n) is 4.30. The smallest absolute Gasteiger partial charge is 0.407 e. The van der Waals surface area contributed by atoms with Crippen molar-refractivity contribution in [1.82, 2.24) is 5.32 Å². The van der Waals surface area contributed by atoms with Gasteiger partial charge in [0.1, 0.15) is 6.61 Å². The van der Waals surface area contributed by atoms with Gasteiger partial charge < -0.3 is 15.2 Å². The van der Waals surface area contributed by atoms with Gasteiger partial charge in [-0.05, 0) is 46.2 Å². The Morgan fingerprint density at radius 1 is 0.906 bits per heavy atom. The Morgan fingerprint density at radius 3 is 2.03 bits per heavy atom. The second-order valence-corrected chi connectivity index (χ2v) is 8.12. The number of amides is 1. The first kappa shape index (κ1) is 21.6. The number of benzene rings is 3.